The predicted molar refractivity (Wildman–Crippen MR) is 94.5 cm³/mol. The first-order valence-electron chi connectivity index (χ1n) is 7.72. The van der Waals surface area contributed by atoms with Crippen LogP contribution in [-0.2, 0) is 6.54 Å². The molecule has 0 radical (unpaired) electrons. The van der Waals surface area contributed by atoms with Crippen molar-refractivity contribution in [3.63, 3.8) is 0 Å². The molecule has 0 fully saturated rings. The topological polar surface area (TPSA) is 104 Å². The van der Waals surface area contributed by atoms with Crippen LogP contribution in [0, 0.1) is 0 Å². The van der Waals surface area contributed by atoms with Gasteiger partial charge >= 0.3 is 0 Å². The first-order chi connectivity index (χ1) is 12.1. The smallest absolute Gasteiger partial charge is 0.252 e. The van der Waals surface area contributed by atoms with Crippen LogP contribution >= 0.6 is 0 Å². The number of pyridine rings is 1. The molecule has 0 aliphatic carbocycles. The summed E-state index contributed by atoms with van der Waals surface area (Å²) in [7, 11) is 3.11. The van der Waals surface area contributed by atoms with Crippen LogP contribution in [0.5, 0.6) is 11.5 Å². The molecule has 1 amide bonds. The zero-order chi connectivity index (χ0) is 18.0. The molecule has 8 heteroatoms. The van der Waals surface area contributed by atoms with E-state index in [1.54, 1.807) is 37.2 Å². The van der Waals surface area contributed by atoms with Crippen LogP contribution in [0.25, 0.3) is 10.9 Å². The average Bonchev–Trinajstić information content (AvgIpc) is 3.07. The number of methoxy groups -OCH3 is 2. The second-order valence-corrected chi connectivity index (χ2v) is 5.29. The second-order valence-electron chi connectivity index (χ2n) is 5.29. The van der Waals surface area contributed by atoms with E-state index in [1.807, 2.05) is 13.0 Å². The zero-order valence-electron chi connectivity index (χ0n) is 14.2. The van der Waals surface area contributed by atoms with E-state index in [9.17, 15) is 4.79 Å². The van der Waals surface area contributed by atoms with E-state index in [1.165, 1.54) is 6.20 Å². The second kappa shape index (κ2) is 6.68. The molecule has 0 saturated heterocycles. The van der Waals surface area contributed by atoms with Crippen molar-refractivity contribution in [3.05, 3.63) is 36.2 Å². The fourth-order valence-corrected chi connectivity index (χ4v) is 2.66. The minimum atomic E-state index is -0.575. The first kappa shape index (κ1) is 16.6. The third-order valence-corrected chi connectivity index (χ3v) is 3.91. The number of anilines is 2. The van der Waals surface area contributed by atoms with Crippen LogP contribution in [-0.4, -0.2) is 34.9 Å². The number of nitrogens with zero attached hydrogens (tertiary/aromatic N) is 3. The number of carbonyl (C=O) groups is 1. The summed E-state index contributed by atoms with van der Waals surface area (Å²) >= 11 is 0. The molecule has 2 aromatic heterocycles. The number of amides is 1. The first-order valence-corrected chi connectivity index (χ1v) is 7.72. The van der Waals surface area contributed by atoms with E-state index < -0.39 is 5.91 Å². The molecule has 3 N–H and O–H groups in total. The van der Waals surface area contributed by atoms with Crippen molar-refractivity contribution in [2.75, 3.05) is 19.5 Å². The molecule has 25 heavy (non-hydrogen) atoms. The summed E-state index contributed by atoms with van der Waals surface area (Å²) in [6.45, 7) is 2.66. The predicted octanol–water partition coefficient (Wildman–Crippen LogP) is 2.31. The van der Waals surface area contributed by atoms with Gasteiger partial charge in [-0.05, 0) is 13.0 Å². The highest BCUT2D eigenvalue weighted by atomic mass is 16.5. The van der Waals surface area contributed by atoms with Gasteiger partial charge in [0.15, 0.2) is 11.5 Å². The number of nitrogens with two attached hydrogens (primary N) is 1. The molecule has 130 valence electrons. The fourth-order valence-electron chi connectivity index (χ4n) is 2.66. The molecule has 1 aromatic carbocycles. The third kappa shape index (κ3) is 2.93. The van der Waals surface area contributed by atoms with Crippen LogP contribution in [0.15, 0.2) is 30.6 Å². The minimum absolute atomic E-state index is 0.281. The van der Waals surface area contributed by atoms with Gasteiger partial charge < -0.3 is 20.5 Å². The molecule has 0 aliphatic rings. The maximum absolute atomic E-state index is 11.9. The SMILES string of the molecule is CCn1nccc1Nc1c(C(N)=O)cnc2cc(OC)c(OC)cc12. The van der Waals surface area contributed by atoms with Crippen molar-refractivity contribution in [1.82, 2.24) is 14.8 Å². The summed E-state index contributed by atoms with van der Waals surface area (Å²) in [6.07, 6.45) is 3.13. The molecule has 0 spiro atoms. The number of carbonyl (C=O) groups excluding carboxylic acids is 1. The van der Waals surface area contributed by atoms with Gasteiger partial charge in [-0.1, -0.05) is 0 Å². The summed E-state index contributed by atoms with van der Waals surface area (Å²) in [5.74, 6) is 1.26. The monoisotopic (exact) mass is 341 g/mol. The molecule has 0 aliphatic heterocycles. The van der Waals surface area contributed by atoms with E-state index >= 15 is 0 Å². The van der Waals surface area contributed by atoms with Gasteiger partial charge in [0.2, 0.25) is 0 Å². The van der Waals surface area contributed by atoms with Gasteiger partial charge in [0.05, 0.1) is 37.2 Å². The van der Waals surface area contributed by atoms with E-state index in [4.69, 9.17) is 15.2 Å². The van der Waals surface area contributed by atoms with Crippen molar-refractivity contribution < 1.29 is 14.3 Å². The Morgan fingerprint density at radius 2 is 2.00 bits per heavy atom. The van der Waals surface area contributed by atoms with Crippen molar-refractivity contribution in [1.29, 1.82) is 0 Å². The largest absolute Gasteiger partial charge is 0.493 e. The van der Waals surface area contributed by atoms with Crippen LogP contribution in [0.4, 0.5) is 11.5 Å². The summed E-state index contributed by atoms with van der Waals surface area (Å²) in [5, 5.41) is 8.17. The van der Waals surface area contributed by atoms with E-state index in [0.717, 1.165) is 5.82 Å². The van der Waals surface area contributed by atoms with Gasteiger partial charge in [0.25, 0.3) is 5.91 Å². The lowest BCUT2D eigenvalue weighted by atomic mass is 10.1. The van der Waals surface area contributed by atoms with E-state index in [-0.39, 0.29) is 5.56 Å². The number of aromatic nitrogens is 3. The van der Waals surface area contributed by atoms with Crippen LogP contribution in [0.1, 0.15) is 17.3 Å². The van der Waals surface area contributed by atoms with Gasteiger partial charge in [-0.15, -0.1) is 0 Å². The van der Waals surface area contributed by atoms with Crippen molar-refractivity contribution in [2.45, 2.75) is 13.5 Å². The number of benzene rings is 1. The van der Waals surface area contributed by atoms with Gasteiger partial charge in [0, 0.05) is 30.3 Å². The Labute approximate surface area is 144 Å². The van der Waals surface area contributed by atoms with Gasteiger partial charge in [0.1, 0.15) is 5.82 Å². The molecule has 0 atom stereocenters. The van der Waals surface area contributed by atoms with Crippen molar-refractivity contribution >= 4 is 28.3 Å². The number of rotatable bonds is 6. The average molecular weight is 341 g/mol. The molecule has 0 bridgehead atoms. The number of ether oxygens (including phenoxy) is 2. The highest BCUT2D eigenvalue weighted by molar-refractivity contribution is 6.07. The molecular formula is C17H19N5O3. The number of fused-ring (bicyclic) bond motifs is 1. The Kier molecular flexibility index (Phi) is 4.42. The molecule has 3 rings (SSSR count). The number of nitrogens with one attached hydrogen (secondary N) is 1. The van der Waals surface area contributed by atoms with Crippen molar-refractivity contribution in [3.8, 4) is 11.5 Å². The fraction of sp³-hybridized carbons (Fsp3) is 0.235. The van der Waals surface area contributed by atoms with E-state index in [0.29, 0.717) is 34.6 Å². The van der Waals surface area contributed by atoms with Gasteiger partial charge in [-0.3, -0.25) is 9.78 Å². The Morgan fingerprint density at radius 1 is 1.28 bits per heavy atom. The molecule has 3 aromatic rings. The molecule has 8 nitrogen and oxygen atoms in total. The summed E-state index contributed by atoms with van der Waals surface area (Å²) in [4.78, 5) is 16.2. The highest BCUT2D eigenvalue weighted by Crippen LogP contribution is 2.36. The van der Waals surface area contributed by atoms with E-state index in [2.05, 4.69) is 15.4 Å². The van der Waals surface area contributed by atoms with Crippen LogP contribution in [0.2, 0.25) is 0 Å². The molecule has 2 heterocycles. The van der Waals surface area contributed by atoms with Crippen molar-refractivity contribution in [2.24, 2.45) is 5.73 Å². The van der Waals surface area contributed by atoms with Crippen LogP contribution in [0.3, 0.4) is 0 Å². The Balaban J connectivity index is 2.25. The summed E-state index contributed by atoms with van der Waals surface area (Å²) < 4.78 is 12.5. The summed E-state index contributed by atoms with van der Waals surface area (Å²) in [5.41, 5.74) is 7.01. The lowest BCUT2D eigenvalue weighted by Gasteiger charge is -2.15. The lowest BCUT2D eigenvalue weighted by molar-refractivity contribution is 0.100. The lowest BCUT2D eigenvalue weighted by Crippen LogP contribution is -2.15. The van der Waals surface area contributed by atoms with Gasteiger partial charge in [-0.25, -0.2) is 4.68 Å². The molecular weight excluding hydrogens is 322 g/mol. The number of hydrogen-bond acceptors (Lipinski definition) is 6. The normalized spacial score (nSPS) is 10.7. The maximum Gasteiger partial charge on any atom is 0.252 e. The Morgan fingerprint density at radius 3 is 2.64 bits per heavy atom. The highest BCUT2D eigenvalue weighted by Gasteiger charge is 2.17. The van der Waals surface area contributed by atoms with Gasteiger partial charge in [-0.2, -0.15) is 5.10 Å². The zero-order valence-corrected chi connectivity index (χ0v) is 14.2. The Bertz CT molecular complexity index is 935. The maximum atomic E-state index is 11.9. The number of primary amides is 1. The minimum Gasteiger partial charge on any atom is -0.493 e. The third-order valence-electron chi connectivity index (χ3n) is 3.91. The Hall–Kier alpha value is -3.29. The number of hydrogen-bond donors (Lipinski definition) is 2. The number of aryl methyl sites for hydroxylation is 1. The molecule has 0 unspecified atom stereocenters. The van der Waals surface area contributed by atoms with Crippen LogP contribution < -0.4 is 20.5 Å². The standard InChI is InChI=1S/C17H19N5O3/c1-4-22-15(5-6-20-22)21-16-10-7-13(24-2)14(25-3)8-12(10)19-9-11(16)17(18)23/h5-9H,4H2,1-3H3,(H2,18,23)(H,19,21). The quantitative estimate of drug-likeness (QED) is 0.713. The molecule has 0 saturated carbocycles. The summed E-state index contributed by atoms with van der Waals surface area (Å²) in [6, 6.07) is 5.34.